The molecule has 2 N–H and O–H groups in total. The van der Waals surface area contributed by atoms with Gasteiger partial charge in [-0.05, 0) is 13.0 Å². The van der Waals surface area contributed by atoms with Gasteiger partial charge in [0.1, 0.15) is 0 Å². The Morgan fingerprint density at radius 2 is 2.30 bits per heavy atom. The van der Waals surface area contributed by atoms with Crippen LogP contribution in [0.3, 0.4) is 0 Å². The molecule has 9 heteroatoms. The van der Waals surface area contributed by atoms with Crippen LogP contribution in [0.4, 0.5) is 4.79 Å². The second-order valence-corrected chi connectivity index (χ2v) is 5.16. The van der Waals surface area contributed by atoms with Crippen molar-refractivity contribution in [1.29, 1.82) is 0 Å². The number of hydrogen-bond acceptors (Lipinski definition) is 7. The molecule has 1 aromatic heterocycles. The summed E-state index contributed by atoms with van der Waals surface area (Å²) in [6.07, 6.45) is 4.42. The molecule has 0 radical (unpaired) electrons. The molecule has 3 rings (SSSR count). The van der Waals surface area contributed by atoms with Crippen LogP contribution in [0.25, 0.3) is 0 Å². The molecule has 2 aliphatic heterocycles. The van der Waals surface area contributed by atoms with Gasteiger partial charge in [0, 0.05) is 31.5 Å². The summed E-state index contributed by atoms with van der Waals surface area (Å²) in [4.78, 5) is 35.4. The summed E-state index contributed by atoms with van der Waals surface area (Å²) >= 11 is 0. The number of nitrogens with zero attached hydrogens (tertiary/aromatic N) is 5. The fraction of sp³-hybridized carbons (Fsp3) is 0.357. The maximum absolute atomic E-state index is 12.1. The van der Waals surface area contributed by atoms with Crippen molar-refractivity contribution < 1.29 is 9.59 Å². The van der Waals surface area contributed by atoms with Gasteiger partial charge in [-0.3, -0.25) is 15.1 Å². The fourth-order valence-corrected chi connectivity index (χ4v) is 2.58. The monoisotopic (exact) mass is 315 g/mol. The molecule has 1 fully saturated rings. The molecule has 3 heterocycles. The van der Waals surface area contributed by atoms with E-state index in [0.717, 1.165) is 5.56 Å². The van der Waals surface area contributed by atoms with Crippen molar-refractivity contribution in [3.63, 3.8) is 0 Å². The quantitative estimate of drug-likeness (QED) is 0.582. The number of imide groups is 1. The van der Waals surface area contributed by atoms with E-state index in [0.29, 0.717) is 12.5 Å². The number of guanidine groups is 1. The van der Waals surface area contributed by atoms with Gasteiger partial charge in [0.2, 0.25) is 5.96 Å². The third-order valence-electron chi connectivity index (χ3n) is 3.76. The van der Waals surface area contributed by atoms with Crippen LogP contribution in [0.15, 0.2) is 34.6 Å². The number of aromatic nitrogens is 1. The summed E-state index contributed by atoms with van der Waals surface area (Å²) < 4.78 is 0. The first-order chi connectivity index (χ1) is 11.1. The van der Waals surface area contributed by atoms with Gasteiger partial charge in [-0.15, -0.1) is 0 Å². The highest BCUT2D eigenvalue weighted by atomic mass is 16.2. The maximum atomic E-state index is 12.1. The third kappa shape index (κ3) is 2.72. The van der Waals surface area contributed by atoms with E-state index >= 15 is 0 Å². The Balaban J connectivity index is 1.77. The standard InChI is InChI=1S/C14H17N7O2/c1-3-21-10-11(20(2)14(23)18-12(10)22)17-13(21)19-16-8-9-5-4-6-15-7-9/h4-8,10-11H,3H2,1-2H3,(H,17,19)(H,18,22,23)/b16-8+. The number of carbonyl (C=O) groups excluding carboxylic acids is 2. The molecule has 0 spiro atoms. The zero-order valence-electron chi connectivity index (χ0n) is 12.8. The first kappa shape index (κ1) is 14.9. The predicted octanol–water partition coefficient (Wildman–Crippen LogP) is -0.427. The van der Waals surface area contributed by atoms with Crippen molar-refractivity contribution in [1.82, 2.24) is 25.5 Å². The lowest BCUT2D eigenvalue weighted by atomic mass is 10.1. The Bertz CT molecular complexity index is 673. The molecule has 1 saturated heterocycles. The molecule has 0 bridgehead atoms. The number of hydrazone groups is 1. The van der Waals surface area contributed by atoms with Crippen molar-refractivity contribution in [2.75, 3.05) is 13.6 Å². The molecule has 2 atom stereocenters. The van der Waals surface area contributed by atoms with Gasteiger partial charge in [-0.2, -0.15) is 5.10 Å². The largest absolute Gasteiger partial charge is 0.326 e. The average molecular weight is 315 g/mol. The highest BCUT2D eigenvalue weighted by molar-refractivity contribution is 6.03. The number of hydrogen-bond donors (Lipinski definition) is 2. The lowest BCUT2D eigenvalue weighted by Crippen LogP contribution is -2.64. The molecule has 23 heavy (non-hydrogen) atoms. The van der Waals surface area contributed by atoms with E-state index in [1.807, 2.05) is 19.1 Å². The molecule has 0 saturated carbocycles. The molecule has 3 amide bonds. The third-order valence-corrected chi connectivity index (χ3v) is 3.76. The number of carbonyl (C=O) groups is 2. The van der Waals surface area contributed by atoms with Crippen LogP contribution in [0.1, 0.15) is 12.5 Å². The van der Waals surface area contributed by atoms with E-state index in [-0.39, 0.29) is 5.91 Å². The van der Waals surface area contributed by atoms with Crippen molar-refractivity contribution in [3.05, 3.63) is 30.1 Å². The Labute approximate surface area is 133 Å². The first-order valence-corrected chi connectivity index (χ1v) is 7.23. The summed E-state index contributed by atoms with van der Waals surface area (Å²) in [6, 6.07) is 2.69. The average Bonchev–Trinajstić information content (AvgIpc) is 2.93. The first-order valence-electron chi connectivity index (χ1n) is 7.23. The normalized spacial score (nSPS) is 23.8. The number of likely N-dealkylation sites (N-methyl/N-ethyl adjacent to an activating group) is 2. The second-order valence-electron chi connectivity index (χ2n) is 5.16. The molecule has 2 aliphatic rings. The van der Waals surface area contributed by atoms with Crippen LogP contribution in [-0.4, -0.2) is 64.7 Å². The van der Waals surface area contributed by atoms with Crippen molar-refractivity contribution in [2.24, 2.45) is 10.1 Å². The van der Waals surface area contributed by atoms with E-state index in [4.69, 9.17) is 0 Å². The number of pyridine rings is 1. The van der Waals surface area contributed by atoms with Gasteiger partial charge < -0.3 is 9.80 Å². The maximum Gasteiger partial charge on any atom is 0.325 e. The predicted molar refractivity (Wildman–Crippen MR) is 83.7 cm³/mol. The Morgan fingerprint density at radius 1 is 1.48 bits per heavy atom. The highest BCUT2D eigenvalue weighted by Crippen LogP contribution is 2.22. The van der Waals surface area contributed by atoms with Crippen LogP contribution < -0.4 is 10.7 Å². The van der Waals surface area contributed by atoms with E-state index in [9.17, 15) is 9.59 Å². The highest BCUT2D eigenvalue weighted by Gasteiger charge is 2.48. The fourth-order valence-electron chi connectivity index (χ4n) is 2.58. The number of urea groups is 1. The summed E-state index contributed by atoms with van der Waals surface area (Å²) in [7, 11) is 1.61. The molecular weight excluding hydrogens is 298 g/mol. The zero-order valence-corrected chi connectivity index (χ0v) is 12.8. The minimum atomic E-state index is -0.549. The molecule has 0 aromatic carbocycles. The Morgan fingerprint density at radius 3 is 3.00 bits per heavy atom. The summed E-state index contributed by atoms with van der Waals surface area (Å²) in [5.74, 6) is 0.107. The van der Waals surface area contributed by atoms with Gasteiger partial charge in [0.25, 0.3) is 5.91 Å². The zero-order chi connectivity index (χ0) is 16.4. The van der Waals surface area contributed by atoms with Crippen LogP contribution in [0.2, 0.25) is 0 Å². The lowest BCUT2D eigenvalue weighted by Gasteiger charge is -2.35. The van der Waals surface area contributed by atoms with E-state index < -0.39 is 18.2 Å². The smallest absolute Gasteiger partial charge is 0.325 e. The van der Waals surface area contributed by atoms with Gasteiger partial charge in [-0.25, -0.2) is 15.2 Å². The van der Waals surface area contributed by atoms with Gasteiger partial charge in [0.15, 0.2) is 12.2 Å². The minimum Gasteiger partial charge on any atom is -0.326 e. The van der Waals surface area contributed by atoms with E-state index in [1.54, 1.807) is 30.6 Å². The summed E-state index contributed by atoms with van der Waals surface area (Å²) in [6.45, 7) is 2.47. The SMILES string of the molecule is CCN1C(N/N=C/c2cccnc2)=NC2C1C(=O)NC(=O)N2C. The van der Waals surface area contributed by atoms with Crippen LogP contribution in [0, 0.1) is 0 Å². The molecular formula is C14H17N7O2. The molecule has 9 nitrogen and oxygen atoms in total. The number of amides is 3. The van der Waals surface area contributed by atoms with Crippen LogP contribution >= 0.6 is 0 Å². The van der Waals surface area contributed by atoms with Crippen molar-refractivity contribution in [2.45, 2.75) is 19.1 Å². The minimum absolute atomic E-state index is 0.350. The Hall–Kier alpha value is -2.97. The van der Waals surface area contributed by atoms with E-state index in [2.05, 4.69) is 25.8 Å². The van der Waals surface area contributed by atoms with Gasteiger partial charge in [0.05, 0.1) is 6.21 Å². The number of rotatable bonds is 3. The molecule has 0 aliphatic carbocycles. The van der Waals surface area contributed by atoms with E-state index in [1.165, 1.54) is 4.90 Å². The summed E-state index contributed by atoms with van der Waals surface area (Å²) in [5, 5.41) is 6.45. The molecule has 120 valence electrons. The molecule has 1 aromatic rings. The second kappa shape index (κ2) is 6.03. The van der Waals surface area contributed by atoms with Gasteiger partial charge in [-0.1, -0.05) is 6.07 Å². The topological polar surface area (TPSA) is 102 Å². The van der Waals surface area contributed by atoms with Crippen LogP contribution in [-0.2, 0) is 4.79 Å². The Kier molecular flexibility index (Phi) is 3.92. The van der Waals surface area contributed by atoms with Gasteiger partial charge >= 0.3 is 6.03 Å². The van der Waals surface area contributed by atoms with Crippen LogP contribution in [0.5, 0.6) is 0 Å². The van der Waals surface area contributed by atoms with Crippen molar-refractivity contribution in [3.8, 4) is 0 Å². The number of fused-ring (bicyclic) bond motifs is 1. The molecule has 2 unspecified atom stereocenters. The number of nitrogens with one attached hydrogen (secondary N) is 2. The summed E-state index contributed by atoms with van der Waals surface area (Å²) in [5.41, 5.74) is 3.68. The van der Waals surface area contributed by atoms with Crippen molar-refractivity contribution >= 4 is 24.1 Å². The lowest BCUT2D eigenvalue weighted by molar-refractivity contribution is -0.127. The number of aliphatic imine (C=N–C) groups is 1.